The molecule has 1 aromatic carbocycles. The van der Waals surface area contributed by atoms with Crippen molar-refractivity contribution in [2.75, 3.05) is 13.1 Å². The molecule has 2 aliphatic rings. The van der Waals surface area contributed by atoms with E-state index in [0.717, 1.165) is 18.4 Å². The van der Waals surface area contributed by atoms with Crippen LogP contribution in [0.3, 0.4) is 0 Å². The zero-order chi connectivity index (χ0) is 18.9. The normalized spacial score (nSPS) is 24.0. The van der Waals surface area contributed by atoms with E-state index in [-0.39, 0.29) is 30.6 Å². The maximum atomic E-state index is 12.5. The summed E-state index contributed by atoms with van der Waals surface area (Å²) in [6.45, 7) is 3.10. The summed E-state index contributed by atoms with van der Waals surface area (Å²) in [4.78, 5) is 37.6. The average Bonchev–Trinajstić information content (AvgIpc) is 2.84. The van der Waals surface area contributed by atoms with Gasteiger partial charge in [-0.25, -0.2) is 0 Å². The molecule has 0 spiro atoms. The van der Waals surface area contributed by atoms with Crippen molar-refractivity contribution in [1.82, 2.24) is 10.2 Å². The molecule has 2 heterocycles. The summed E-state index contributed by atoms with van der Waals surface area (Å²) < 4.78 is 0. The predicted molar refractivity (Wildman–Crippen MR) is 100 cm³/mol. The summed E-state index contributed by atoms with van der Waals surface area (Å²) in [6, 6.07) is 5.59. The van der Waals surface area contributed by atoms with Crippen molar-refractivity contribution in [3.63, 3.8) is 0 Å². The number of piperidine rings is 1. The molecule has 0 saturated carbocycles. The monoisotopic (exact) mass is 396 g/mol. The lowest BCUT2D eigenvalue weighted by Crippen LogP contribution is -2.39. The number of hydrogen-bond donors (Lipinski definition) is 1. The maximum absolute atomic E-state index is 12.5. The summed E-state index contributed by atoms with van der Waals surface area (Å²) >= 11 is 12.2. The number of nitrogens with zero attached hydrogens (tertiary/aromatic N) is 1. The highest BCUT2D eigenvalue weighted by Gasteiger charge is 2.42. The highest BCUT2D eigenvalue weighted by molar-refractivity contribution is 6.34. The number of halogens is 2. The summed E-state index contributed by atoms with van der Waals surface area (Å²) in [6.07, 6.45) is 2.56. The van der Waals surface area contributed by atoms with Crippen molar-refractivity contribution in [3.8, 4) is 0 Å². The van der Waals surface area contributed by atoms with E-state index in [4.69, 9.17) is 23.2 Å². The zero-order valence-corrected chi connectivity index (χ0v) is 16.2. The highest BCUT2D eigenvalue weighted by atomic mass is 35.5. The van der Waals surface area contributed by atoms with Gasteiger partial charge < -0.3 is 4.90 Å². The first kappa shape index (κ1) is 19.2. The van der Waals surface area contributed by atoms with Gasteiger partial charge in [-0.15, -0.1) is 0 Å². The fourth-order valence-electron chi connectivity index (χ4n) is 3.77. The van der Waals surface area contributed by atoms with Crippen LogP contribution in [-0.4, -0.2) is 35.7 Å². The summed E-state index contributed by atoms with van der Waals surface area (Å²) in [7, 11) is 0. The highest BCUT2D eigenvalue weighted by Crippen LogP contribution is 2.34. The van der Waals surface area contributed by atoms with Gasteiger partial charge in [0.25, 0.3) is 0 Å². The van der Waals surface area contributed by atoms with Gasteiger partial charge in [0.15, 0.2) is 0 Å². The van der Waals surface area contributed by atoms with Crippen LogP contribution in [0.5, 0.6) is 0 Å². The minimum atomic E-state index is -0.761. The molecule has 0 aliphatic carbocycles. The van der Waals surface area contributed by atoms with E-state index >= 15 is 0 Å². The van der Waals surface area contributed by atoms with Crippen molar-refractivity contribution < 1.29 is 14.4 Å². The van der Waals surface area contributed by atoms with Gasteiger partial charge in [0.05, 0.1) is 5.41 Å². The Hall–Kier alpha value is -1.59. The lowest BCUT2D eigenvalue weighted by atomic mass is 9.83. The quantitative estimate of drug-likeness (QED) is 0.791. The summed E-state index contributed by atoms with van der Waals surface area (Å²) in [5.74, 6) is -0.148. The predicted octanol–water partition coefficient (Wildman–Crippen LogP) is 3.53. The van der Waals surface area contributed by atoms with Gasteiger partial charge in [-0.1, -0.05) is 30.1 Å². The lowest BCUT2D eigenvalue weighted by molar-refractivity contribution is -0.133. The molecule has 140 valence electrons. The van der Waals surface area contributed by atoms with E-state index < -0.39 is 5.41 Å². The molecule has 0 radical (unpaired) electrons. The van der Waals surface area contributed by atoms with Crippen molar-refractivity contribution in [2.45, 2.75) is 44.9 Å². The third-order valence-corrected chi connectivity index (χ3v) is 5.88. The molecule has 26 heavy (non-hydrogen) atoms. The van der Waals surface area contributed by atoms with Crippen LogP contribution in [0.15, 0.2) is 18.2 Å². The fourth-order valence-corrected chi connectivity index (χ4v) is 4.32. The lowest BCUT2D eigenvalue weighted by Gasteiger charge is -2.33. The molecular weight excluding hydrogens is 375 g/mol. The van der Waals surface area contributed by atoms with Crippen molar-refractivity contribution >= 4 is 40.9 Å². The molecule has 1 unspecified atom stereocenters. The number of imide groups is 1. The Labute approximate surface area is 163 Å². The van der Waals surface area contributed by atoms with Gasteiger partial charge in [-0.05, 0) is 48.9 Å². The Morgan fingerprint density at radius 2 is 1.81 bits per heavy atom. The number of carbonyl (C=O) groups excluding carboxylic acids is 3. The van der Waals surface area contributed by atoms with E-state index in [2.05, 4.69) is 5.32 Å². The van der Waals surface area contributed by atoms with Gasteiger partial charge in [0.2, 0.25) is 17.7 Å². The molecule has 2 fully saturated rings. The van der Waals surface area contributed by atoms with Crippen LogP contribution in [0.25, 0.3) is 0 Å². The molecule has 1 atom stereocenters. The largest absolute Gasteiger partial charge is 0.343 e. The average molecular weight is 397 g/mol. The molecule has 3 amide bonds. The van der Waals surface area contributed by atoms with Crippen LogP contribution in [0.1, 0.15) is 50.5 Å². The number of rotatable bonds is 4. The first-order chi connectivity index (χ1) is 12.3. The molecule has 7 heteroatoms. The van der Waals surface area contributed by atoms with Crippen molar-refractivity contribution in [1.29, 1.82) is 0 Å². The minimum Gasteiger partial charge on any atom is -0.343 e. The van der Waals surface area contributed by atoms with E-state index in [0.29, 0.717) is 35.5 Å². The molecule has 0 aromatic heterocycles. The zero-order valence-electron chi connectivity index (χ0n) is 14.7. The number of amides is 3. The molecule has 2 saturated heterocycles. The molecule has 2 aliphatic heterocycles. The molecule has 0 bridgehead atoms. The second kappa shape index (κ2) is 7.57. The maximum Gasteiger partial charge on any atom is 0.233 e. The van der Waals surface area contributed by atoms with Gasteiger partial charge in [0.1, 0.15) is 0 Å². The van der Waals surface area contributed by atoms with Crippen molar-refractivity contribution in [3.05, 3.63) is 33.8 Å². The molecule has 1 aromatic rings. The number of hydrogen-bond acceptors (Lipinski definition) is 3. The second-order valence-electron chi connectivity index (χ2n) is 7.47. The van der Waals surface area contributed by atoms with E-state index in [1.807, 2.05) is 17.0 Å². The molecule has 5 nitrogen and oxygen atoms in total. The Kier molecular flexibility index (Phi) is 5.58. The second-order valence-corrected chi connectivity index (χ2v) is 8.35. The summed E-state index contributed by atoms with van der Waals surface area (Å²) in [5.41, 5.74) is 0.353. The molecule has 1 N–H and O–H groups in total. The van der Waals surface area contributed by atoms with Crippen LogP contribution in [0.4, 0.5) is 0 Å². The number of benzene rings is 1. The van der Waals surface area contributed by atoms with Gasteiger partial charge >= 0.3 is 0 Å². The third kappa shape index (κ3) is 4.21. The Morgan fingerprint density at radius 1 is 1.19 bits per heavy atom. The number of nitrogens with one attached hydrogen (secondary N) is 1. The van der Waals surface area contributed by atoms with Crippen LogP contribution in [-0.2, 0) is 14.4 Å². The van der Waals surface area contributed by atoms with Crippen LogP contribution in [0, 0.1) is 5.41 Å². The first-order valence-corrected chi connectivity index (χ1v) is 9.60. The van der Waals surface area contributed by atoms with E-state index in [1.54, 1.807) is 13.0 Å². The van der Waals surface area contributed by atoms with E-state index in [1.165, 1.54) is 0 Å². The first-order valence-electron chi connectivity index (χ1n) is 8.85. The third-order valence-electron chi connectivity index (χ3n) is 5.45. The number of carbonyl (C=O) groups is 3. The van der Waals surface area contributed by atoms with Crippen molar-refractivity contribution in [2.24, 2.45) is 5.41 Å². The molecular formula is C19H22Cl2N2O3. The van der Waals surface area contributed by atoms with Gasteiger partial charge in [-0.3, -0.25) is 19.7 Å². The van der Waals surface area contributed by atoms with Gasteiger partial charge in [0, 0.05) is 36.0 Å². The molecule has 3 rings (SSSR count). The number of likely N-dealkylation sites (tertiary alicyclic amines) is 1. The van der Waals surface area contributed by atoms with Crippen LogP contribution in [0.2, 0.25) is 10.0 Å². The fraction of sp³-hybridized carbons (Fsp3) is 0.526. The SMILES string of the molecule is CC1(CCC(=O)N2CCC(c3cc(Cl)cc(Cl)c3)CC2)CC(=O)NC1=O. The van der Waals surface area contributed by atoms with Crippen LogP contribution >= 0.6 is 23.2 Å². The van der Waals surface area contributed by atoms with E-state index in [9.17, 15) is 14.4 Å². The minimum absolute atomic E-state index is 0.0425. The van der Waals surface area contributed by atoms with Crippen LogP contribution < -0.4 is 5.32 Å². The Balaban J connectivity index is 1.52. The standard InChI is InChI=1S/C19H22Cl2N2O3/c1-19(11-16(24)22-18(19)26)5-2-17(25)23-6-3-12(4-7-23)13-8-14(20)10-15(21)9-13/h8-10,12H,2-7,11H2,1H3,(H,22,24,26). The smallest absolute Gasteiger partial charge is 0.233 e. The Morgan fingerprint density at radius 3 is 2.35 bits per heavy atom. The van der Waals surface area contributed by atoms with Gasteiger partial charge in [-0.2, -0.15) is 0 Å². The topological polar surface area (TPSA) is 66.5 Å². The Bertz CT molecular complexity index is 724. The summed E-state index contributed by atoms with van der Waals surface area (Å²) in [5, 5.41) is 3.58.